The second kappa shape index (κ2) is 1.90. The van der Waals surface area contributed by atoms with E-state index in [1.807, 2.05) is 6.92 Å². The van der Waals surface area contributed by atoms with E-state index in [0.717, 1.165) is 6.42 Å². The lowest BCUT2D eigenvalue weighted by atomic mass is 9.96. The minimum absolute atomic E-state index is 0.115. The number of Topliss-reactive ketones (excluding diaryl/α,β-unsaturated/α-hetero) is 1. The van der Waals surface area contributed by atoms with Gasteiger partial charge in [0.05, 0.1) is 6.54 Å². The third-order valence-corrected chi connectivity index (χ3v) is 1.75. The molecular formula is C6H10N2O. The molecule has 0 aromatic carbocycles. The van der Waals surface area contributed by atoms with Gasteiger partial charge in [0.2, 0.25) is 0 Å². The molecule has 50 valence electrons. The minimum atomic E-state index is -0.486. The maximum absolute atomic E-state index is 10.8. The molecule has 3 nitrogen and oxygen atoms in total. The first-order chi connectivity index (χ1) is 4.15. The molecule has 0 aromatic rings. The van der Waals surface area contributed by atoms with Crippen LogP contribution >= 0.6 is 0 Å². The predicted molar refractivity (Wildman–Crippen MR) is 33.4 cm³/mol. The number of carbonyl (C=O) groups is 1. The van der Waals surface area contributed by atoms with Gasteiger partial charge in [-0.1, -0.05) is 0 Å². The van der Waals surface area contributed by atoms with Crippen molar-refractivity contribution in [2.45, 2.75) is 25.8 Å². The van der Waals surface area contributed by atoms with Gasteiger partial charge < -0.3 is 0 Å². The monoisotopic (exact) mass is 126 g/mol. The summed E-state index contributed by atoms with van der Waals surface area (Å²) in [6.07, 6.45) is 0.780. The SMILES string of the molecule is CC(=O)[C@@]1(C)CCN=N1. The lowest BCUT2D eigenvalue weighted by Gasteiger charge is -2.12. The number of hydrogen-bond acceptors (Lipinski definition) is 3. The van der Waals surface area contributed by atoms with Crippen LogP contribution in [-0.4, -0.2) is 17.9 Å². The molecule has 0 spiro atoms. The lowest BCUT2D eigenvalue weighted by Crippen LogP contribution is -2.28. The molecule has 0 aliphatic carbocycles. The Hall–Kier alpha value is -0.730. The molecule has 0 saturated carbocycles. The van der Waals surface area contributed by atoms with Gasteiger partial charge in [-0.2, -0.15) is 10.2 Å². The first kappa shape index (κ1) is 6.39. The Labute approximate surface area is 54.2 Å². The van der Waals surface area contributed by atoms with Crippen LogP contribution in [0.3, 0.4) is 0 Å². The third-order valence-electron chi connectivity index (χ3n) is 1.75. The minimum Gasteiger partial charge on any atom is -0.297 e. The predicted octanol–water partition coefficient (Wildman–Crippen LogP) is 1.19. The van der Waals surface area contributed by atoms with E-state index >= 15 is 0 Å². The number of carbonyl (C=O) groups excluding carboxylic acids is 1. The van der Waals surface area contributed by atoms with Crippen LogP contribution in [0.4, 0.5) is 0 Å². The summed E-state index contributed by atoms with van der Waals surface area (Å²) < 4.78 is 0. The van der Waals surface area contributed by atoms with Crippen molar-refractivity contribution in [2.24, 2.45) is 10.2 Å². The molecule has 1 rings (SSSR count). The molecule has 0 fully saturated rings. The third kappa shape index (κ3) is 0.992. The van der Waals surface area contributed by atoms with Crippen LogP contribution in [0.25, 0.3) is 0 Å². The van der Waals surface area contributed by atoms with E-state index in [1.165, 1.54) is 0 Å². The van der Waals surface area contributed by atoms with Crippen molar-refractivity contribution < 1.29 is 4.79 Å². The number of rotatable bonds is 1. The normalized spacial score (nSPS) is 33.1. The highest BCUT2D eigenvalue weighted by Crippen LogP contribution is 2.22. The lowest BCUT2D eigenvalue weighted by molar-refractivity contribution is -0.121. The fraction of sp³-hybridized carbons (Fsp3) is 0.833. The summed E-state index contributed by atoms with van der Waals surface area (Å²) in [5.41, 5.74) is -0.486. The van der Waals surface area contributed by atoms with Gasteiger partial charge in [0.15, 0.2) is 5.78 Å². The molecule has 0 saturated heterocycles. The topological polar surface area (TPSA) is 41.8 Å². The number of nitrogens with zero attached hydrogens (tertiary/aromatic N) is 2. The van der Waals surface area contributed by atoms with E-state index in [-0.39, 0.29) is 5.78 Å². The Kier molecular flexibility index (Phi) is 1.35. The summed E-state index contributed by atoms with van der Waals surface area (Å²) in [4.78, 5) is 10.8. The van der Waals surface area contributed by atoms with Crippen molar-refractivity contribution in [1.29, 1.82) is 0 Å². The van der Waals surface area contributed by atoms with Gasteiger partial charge in [-0.15, -0.1) is 0 Å². The molecule has 0 bridgehead atoms. The molecule has 3 heteroatoms. The zero-order chi connectivity index (χ0) is 6.91. The van der Waals surface area contributed by atoms with Crippen LogP contribution < -0.4 is 0 Å². The Morgan fingerprint density at radius 3 is 2.56 bits per heavy atom. The highest BCUT2D eigenvalue weighted by molar-refractivity contribution is 5.85. The van der Waals surface area contributed by atoms with Gasteiger partial charge in [0.1, 0.15) is 5.54 Å². The first-order valence-electron chi connectivity index (χ1n) is 3.05. The molecule has 1 aliphatic heterocycles. The van der Waals surface area contributed by atoms with Crippen LogP contribution in [0.15, 0.2) is 10.2 Å². The summed E-state index contributed by atoms with van der Waals surface area (Å²) in [5.74, 6) is 0.115. The highest BCUT2D eigenvalue weighted by atomic mass is 16.1. The van der Waals surface area contributed by atoms with E-state index in [2.05, 4.69) is 10.2 Å². The molecule has 1 heterocycles. The van der Waals surface area contributed by atoms with Gasteiger partial charge in [0.25, 0.3) is 0 Å². The average molecular weight is 126 g/mol. The van der Waals surface area contributed by atoms with Crippen LogP contribution in [0, 0.1) is 0 Å². The van der Waals surface area contributed by atoms with Crippen molar-refractivity contribution in [3.8, 4) is 0 Å². The molecule has 1 aliphatic rings. The Balaban J connectivity index is 2.74. The Morgan fingerprint density at radius 2 is 2.33 bits per heavy atom. The largest absolute Gasteiger partial charge is 0.297 e. The highest BCUT2D eigenvalue weighted by Gasteiger charge is 2.32. The smallest absolute Gasteiger partial charge is 0.158 e. The standard InChI is InChI=1S/C6H10N2O/c1-5(9)6(2)3-4-7-8-6/h3-4H2,1-2H3/t6-/m1/s1. The van der Waals surface area contributed by atoms with E-state index in [9.17, 15) is 4.79 Å². The summed E-state index contributed by atoms with van der Waals surface area (Å²) >= 11 is 0. The zero-order valence-electron chi connectivity index (χ0n) is 5.72. The summed E-state index contributed by atoms with van der Waals surface area (Å²) in [7, 11) is 0. The van der Waals surface area contributed by atoms with Gasteiger partial charge >= 0.3 is 0 Å². The summed E-state index contributed by atoms with van der Waals surface area (Å²) in [6.45, 7) is 4.09. The van der Waals surface area contributed by atoms with Crippen LogP contribution in [0.1, 0.15) is 20.3 Å². The molecule has 0 aromatic heterocycles. The molecule has 0 unspecified atom stereocenters. The van der Waals surface area contributed by atoms with Gasteiger partial charge in [-0.05, 0) is 13.8 Å². The second-order valence-corrected chi connectivity index (χ2v) is 2.55. The van der Waals surface area contributed by atoms with Crippen LogP contribution in [0.2, 0.25) is 0 Å². The fourth-order valence-corrected chi connectivity index (χ4v) is 0.770. The maximum Gasteiger partial charge on any atom is 0.158 e. The van der Waals surface area contributed by atoms with Crippen molar-refractivity contribution in [3.05, 3.63) is 0 Å². The number of ketones is 1. The van der Waals surface area contributed by atoms with E-state index in [1.54, 1.807) is 6.92 Å². The maximum atomic E-state index is 10.8. The summed E-state index contributed by atoms with van der Waals surface area (Å²) in [5, 5.41) is 7.60. The Bertz CT molecular complexity index is 164. The average Bonchev–Trinajstić information content (AvgIpc) is 2.16. The summed E-state index contributed by atoms with van der Waals surface area (Å²) in [6, 6.07) is 0. The van der Waals surface area contributed by atoms with E-state index in [4.69, 9.17) is 0 Å². The van der Waals surface area contributed by atoms with Crippen LogP contribution in [0.5, 0.6) is 0 Å². The van der Waals surface area contributed by atoms with Crippen molar-refractivity contribution in [3.63, 3.8) is 0 Å². The fourth-order valence-electron chi connectivity index (χ4n) is 0.770. The first-order valence-corrected chi connectivity index (χ1v) is 3.05. The number of hydrogen-bond donors (Lipinski definition) is 0. The second-order valence-electron chi connectivity index (χ2n) is 2.55. The van der Waals surface area contributed by atoms with Crippen molar-refractivity contribution in [2.75, 3.05) is 6.54 Å². The Morgan fingerprint density at radius 1 is 1.67 bits per heavy atom. The van der Waals surface area contributed by atoms with E-state index in [0.29, 0.717) is 6.54 Å². The van der Waals surface area contributed by atoms with Gasteiger partial charge in [-0.25, -0.2) is 0 Å². The molecule has 0 radical (unpaired) electrons. The van der Waals surface area contributed by atoms with Gasteiger partial charge in [0, 0.05) is 6.42 Å². The number of azo groups is 1. The van der Waals surface area contributed by atoms with Crippen molar-refractivity contribution in [1.82, 2.24) is 0 Å². The van der Waals surface area contributed by atoms with Crippen LogP contribution in [-0.2, 0) is 4.79 Å². The van der Waals surface area contributed by atoms with Crippen molar-refractivity contribution >= 4 is 5.78 Å². The molecule has 1 atom stereocenters. The molecule has 9 heavy (non-hydrogen) atoms. The molecular weight excluding hydrogens is 116 g/mol. The molecule has 0 amide bonds. The van der Waals surface area contributed by atoms with Gasteiger partial charge in [-0.3, -0.25) is 4.79 Å². The molecule has 0 N–H and O–H groups in total. The van der Waals surface area contributed by atoms with E-state index < -0.39 is 5.54 Å². The quantitative estimate of drug-likeness (QED) is 0.520. The zero-order valence-corrected chi connectivity index (χ0v) is 5.72.